The van der Waals surface area contributed by atoms with Crippen LogP contribution in [0.1, 0.15) is 46.0 Å². The Kier molecular flexibility index (Phi) is 7.96. The minimum absolute atomic E-state index is 0.0331. The first kappa shape index (κ1) is 20.0. The number of urea groups is 1. The molecule has 7 heteroatoms. The number of aliphatic carboxylic acids is 1. The van der Waals surface area contributed by atoms with Gasteiger partial charge < -0.3 is 20.2 Å². The van der Waals surface area contributed by atoms with Crippen LogP contribution in [-0.2, 0) is 4.79 Å². The number of amides is 2. The van der Waals surface area contributed by atoms with Crippen LogP contribution in [0.4, 0.5) is 4.79 Å². The summed E-state index contributed by atoms with van der Waals surface area (Å²) in [7, 11) is 0. The molecule has 0 radical (unpaired) electrons. The molecule has 2 rings (SSSR count). The molecule has 1 aliphatic heterocycles. The van der Waals surface area contributed by atoms with Gasteiger partial charge in [-0.1, -0.05) is 13.8 Å². The van der Waals surface area contributed by atoms with E-state index >= 15 is 0 Å². The summed E-state index contributed by atoms with van der Waals surface area (Å²) in [4.78, 5) is 29.8. The van der Waals surface area contributed by atoms with Crippen molar-refractivity contribution in [1.29, 1.82) is 0 Å². The normalized spacial score (nSPS) is 23.5. The number of nitrogens with zero attached hydrogens (tertiary/aromatic N) is 3. The van der Waals surface area contributed by atoms with E-state index in [-0.39, 0.29) is 24.7 Å². The van der Waals surface area contributed by atoms with Gasteiger partial charge in [-0.2, -0.15) is 0 Å². The monoisotopic (exact) mass is 354 g/mol. The number of nitrogens with one attached hydrogen (secondary N) is 1. The van der Waals surface area contributed by atoms with E-state index in [0.717, 1.165) is 58.5 Å². The molecule has 0 unspecified atom stereocenters. The number of likely N-dealkylation sites (tertiary alicyclic amines) is 1. The second kappa shape index (κ2) is 9.97. The second-order valence-corrected chi connectivity index (χ2v) is 7.26. The molecule has 7 nitrogen and oxygen atoms in total. The average Bonchev–Trinajstić information content (AvgIpc) is 3.05. The molecule has 0 aromatic carbocycles. The van der Waals surface area contributed by atoms with Crippen LogP contribution in [0.5, 0.6) is 0 Å². The van der Waals surface area contributed by atoms with Gasteiger partial charge in [-0.05, 0) is 51.7 Å². The fourth-order valence-electron chi connectivity index (χ4n) is 3.80. The van der Waals surface area contributed by atoms with E-state index in [0.29, 0.717) is 0 Å². The van der Waals surface area contributed by atoms with Crippen LogP contribution in [0.15, 0.2) is 0 Å². The highest BCUT2D eigenvalue weighted by atomic mass is 16.4. The molecule has 1 aliphatic carbocycles. The Hall–Kier alpha value is -1.34. The van der Waals surface area contributed by atoms with Gasteiger partial charge in [0.1, 0.15) is 0 Å². The number of carboxylic acid groups (broad SMARTS) is 1. The first-order valence-corrected chi connectivity index (χ1v) is 9.77. The summed E-state index contributed by atoms with van der Waals surface area (Å²) in [5.74, 6) is -0.787. The van der Waals surface area contributed by atoms with Gasteiger partial charge in [0, 0.05) is 31.7 Å². The van der Waals surface area contributed by atoms with Gasteiger partial charge in [-0.25, -0.2) is 4.79 Å². The number of rotatable bonds is 10. The van der Waals surface area contributed by atoms with Gasteiger partial charge in [-0.3, -0.25) is 9.69 Å². The van der Waals surface area contributed by atoms with Crippen LogP contribution in [-0.4, -0.2) is 89.7 Å². The molecular formula is C18H34N4O3. The molecule has 144 valence electrons. The molecule has 25 heavy (non-hydrogen) atoms. The molecule has 0 spiro atoms. The maximum atomic E-state index is 12.6. The van der Waals surface area contributed by atoms with Crippen LogP contribution in [0.25, 0.3) is 0 Å². The van der Waals surface area contributed by atoms with Gasteiger partial charge in [0.2, 0.25) is 0 Å². The molecule has 1 heterocycles. The van der Waals surface area contributed by atoms with Gasteiger partial charge in [-0.15, -0.1) is 0 Å². The predicted octanol–water partition coefficient (Wildman–Crippen LogP) is 1.44. The highest BCUT2D eigenvalue weighted by Crippen LogP contribution is 2.25. The molecule has 0 aromatic rings. The predicted molar refractivity (Wildman–Crippen MR) is 97.8 cm³/mol. The van der Waals surface area contributed by atoms with E-state index in [1.165, 1.54) is 12.8 Å². The summed E-state index contributed by atoms with van der Waals surface area (Å²) in [6.07, 6.45) is 5.20. The lowest BCUT2D eigenvalue weighted by atomic mass is 9.85. The van der Waals surface area contributed by atoms with Crippen molar-refractivity contribution >= 4 is 12.0 Å². The maximum Gasteiger partial charge on any atom is 0.317 e. The first-order valence-electron chi connectivity index (χ1n) is 9.77. The third-order valence-corrected chi connectivity index (χ3v) is 5.37. The number of carboxylic acids is 1. The zero-order chi connectivity index (χ0) is 18.2. The van der Waals surface area contributed by atoms with Crippen molar-refractivity contribution in [1.82, 2.24) is 20.0 Å². The van der Waals surface area contributed by atoms with E-state index in [4.69, 9.17) is 5.11 Å². The number of hydrogen-bond donors (Lipinski definition) is 2. The summed E-state index contributed by atoms with van der Waals surface area (Å²) in [5.41, 5.74) is 0. The number of carbonyl (C=O) groups is 2. The third kappa shape index (κ3) is 6.15. The fourth-order valence-corrected chi connectivity index (χ4v) is 3.80. The SMILES string of the molecule is CCCN(CCN1CCCC1)C(=O)NC1CC(N(CC)CC(=O)O)C1. The fraction of sp³-hybridized carbons (Fsp3) is 0.889. The van der Waals surface area contributed by atoms with Crippen molar-refractivity contribution in [3.8, 4) is 0 Å². The number of carbonyl (C=O) groups excluding carboxylic acids is 1. The van der Waals surface area contributed by atoms with Crippen molar-refractivity contribution in [3.05, 3.63) is 0 Å². The Labute approximate surface area is 151 Å². The standard InChI is InChI=1S/C18H34N4O3/c1-3-7-22(11-10-20-8-5-6-9-20)18(25)19-15-12-16(13-15)21(4-2)14-17(23)24/h15-16H,3-14H2,1-2H3,(H,19,25)(H,23,24). The molecule has 2 fully saturated rings. The van der Waals surface area contributed by atoms with Gasteiger partial charge in [0.25, 0.3) is 0 Å². The molecule has 0 atom stereocenters. The highest BCUT2D eigenvalue weighted by molar-refractivity contribution is 5.74. The lowest BCUT2D eigenvalue weighted by Gasteiger charge is -2.42. The number of hydrogen-bond acceptors (Lipinski definition) is 4. The first-order chi connectivity index (χ1) is 12.0. The van der Waals surface area contributed by atoms with Gasteiger partial charge in [0.15, 0.2) is 0 Å². The quantitative estimate of drug-likeness (QED) is 0.621. The van der Waals surface area contributed by atoms with Crippen LogP contribution < -0.4 is 5.32 Å². The Balaban J connectivity index is 1.72. The van der Waals surface area contributed by atoms with E-state index < -0.39 is 5.97 Å². The number of likely N-dealkylation sites (N-methyl/N-ethyl adjacent to an activating group) is 1. The topological polar surface area (TPSA) is 76.1 Å². The summed E-state index contributed by atoms with van der Waals surface area (Å²) < 4.78 is 0. The third-order valence-electron chi connectivity index (χ3n) is 5.37. The highest BCUT2D eigenvalue weighted by Gasteiger charge is 2.35. The minimum atomic E-state index is -0.787. The van der Waals surface area contributed by atoms with Gasteiger partial charge >= 0.3 is 12.0 Å². The molecule has 1 saturated heterocycles. The molecule has 0 bridgehead atoms. The van der Waals surface area contributed by atoms with Crippen LogP contribution >= 0.6 is 0 Å². The summed E-state index contributed by atoms with van der Waals surface area (Å²) in [6, 6.07) is 0.480. The smallest absolute Gasteiger partial charge is 0.317 e. The summed E-state index contributed by atoms with van der Waals surface area (Å²) >= 11 is 0. The Morgan fingerprint density at radius 2 is 1.84 bits per heavy atom. The van der Waals surface area contributed by atoms with E-state index in [1.807, 2.05) is 16.7 Å². The van der Waals surface area contributed by atoms with Crippen LogP contribution in [0, 0.1) is 0 Å². The maximum absolute atomic E-state index is 12.6. The Bertz CT molecular complexity index is 434. The van der Waals surface area contributed by atoms with Crippen molar-refractivity contribution in [2.24, 2.45) is 0 Å². The lowest BCUT2D eigenvalue weighted by Crippen LogP contribution is -2.57. The van der Waals surface area contributed by atoms with E-state index in [1.54, 1.807) is 0 Å². The second-order valence-electron chi connectivity index (χ2n) is 7.26. The summed E-state index contributed by atoms with van der Waals surface area (Å²) in [6.45, 7) is 9.74. The van der Waals surface area contributed by atoms with Crippen LogP contribution in [0.2, 0.25) is 0 Å². The lowest BCUT2D eigenvalue weighted by molar-refractivity contribution is -0.139. The van der Waals surface area contributed by atoms with Crippen molar-refractivity contribution in [2.75, 3.05) is 45.8 Å². The molecule has 2 N–H and O–H groups in total. The Morgan fingerprint density at radius 3 is 2.40 bits per heavy atom. The van der Waals surface area contributed by atoms with Crippen molar-refractivity contribution in [3.63, 3.8) is 0 Å². The van der Waals surface area contributed by atoms with Crippen molar-refractivity contribution in [2.45, 2.75) is 58.0 Å². The molecule has 2 aliphatic rings. The Morgan fingerprint density at radius 1 is 1.16 bits per heavy atom. The molecule has 1 saturated carbocycles. The van der Waals surface area contributed by atoms with E-state index in [9.17, 15) is 9.59 Å². The molecule has 0 aromatic heterocycles. The molecule has 2 amide bonds. The zero-order valence-corrected chi connectivity index (χ0v) is 15.7. The van der Waals surface area contributed by atoms with Crippen LogP contribution in [0.3, 0.4) is 0 Å². The molecular weight excluding hydrogens is 320 g/mol. The van der Waals surface area contributed by atoms with E-state index in [2.05, 4.69) is 17.1 Å². The summed E-state index contributed by atoms with van der Waals surface area (Å²) in [5, 5.41) is 12.1. The average molecular weight is 354 g/mol. The zero-order valence-electron chi connectivity index (χ0n) is 15.7. The largest absolute Gasteiger partial charge is 0.480 e. The minimum Gasteiger partial charge on any atom is -0.480 e. The van der Waals surface area contributed by atoms with Crippen molar-refractivity contribution < 1.29 is 14.7 Å². The van der Waals surface area contributed by atoms with Gasteiger partial charge in [0.05, 0.1) is 6.54 Å².